The van der Waals surface area contributed by atoms with Crippen LogP contribution in [-0.2, 0) is 29.1 Å². The van der Waals surface area contributed by atoms with Gasteiger partial charge in [-0.1, -0.05) is 6.07 Å². The number of anilines is 1. The molecule has 2 aliphatic heterocycles. The van der Waals surface area contributed by atoms with Gasteiger partial charge in [-0.15, -0.1) is 0 Å². The molecule has 172 valence electrons. The van der Waals surface area contributed by atoms with E-state index in [0.717, 1.165) is 66.7 Å². The smallest absolute Gasteiger partial charge is 0.228 e. The molecule has 1 saturated heterocycles. The monoisotopic (exact) mass is 438 g/mol. The fourth-order valence-electron chi connectivity index (χ4n) is 4.69. The second-order valence-corrected chi connectivity index (χ2v) is 9.18. The standard InChI is InChI=1S/C25H34N4O3/c1-16(2)32-22-8-6-18(12-20(22)15-31-5)13-29-11-10-19(14-29)24-26-17(3)21-7-9-23(30)28(4)25(21)27-24/h6,8,12,16,19H,7,9-11,13-15H2,1-5H3. The summed E-state index contributed by atoms with van der Waals surface area (Å²) in [6.45, 7) is 9.44. The van der Waals surface area contributed by atoms with E-state index in [0.29, 0.717) is 13.0 Å². The van der Waals surface area contributed by atoms with Crippen molar-refractivity contribution in [3.05, 3.63) is 46.4 Å². The number of benzene rings is 1. The molecule has 4 rings (SSSR count). The summed E-state index contributed by atoms with van der Waals surface area (Å²) in [7, 11) is 3.53. The van der Waals surface area contributed by atoms with E-state index in [-0.39, 0.29) is 17.9 Å². The van der Waals surface area contributed by atoms with Crippen LogP contribution in [0.3, 0.4) is 0 Å². The van der Waals surface area contributed by atoms with Crippen LogP contribution in [0.25, 0.3) is 0 Å². The van der Waals surface area contributed by atoms with Gasteiger partial charge in [0.25, 0.3) is 0 Å². The van der Waals surface area contributed by atoms with Crippen molar-refractivity contribution in [1.82, 2.24) is 14.9 Å². The number of rotatable bonds is 7. The third kappa shape index (κ3) is 4.79. The molecule has 1 unspecified atom stereocenters. The predicted molar refractivity (Wildman–Crippen MR) is 124 cm³/mol. The van der Waals surface area contributed by atoms with Gasteiger partial charge < -0.3 is 9.47 Å². The van der Waals surface area contributed by atoms with Crippen molar-refractivity contribution < 1.29 is 14.3 Å². The first-order valence-electron chi connectivity index (χ1n) is 11.5. The highest BCUT2D eigenvalue weighted by Gasteiger charge is 2.30. The largest absolute Gasteiger partial charge is 0.491 e. The number of nitrogens with zero attached hydrogens (tertiary/aromatic N) is 4. The van der Waals surface area contributed by atoms with E-state index < -0.39 is 0 Å². The summed E-state index contributed by atoms with van der Waals surface area (Å²) in [5.41, 5.74) is 4.45. The average molecular weight is 439 g/mol. The first kappa shape index (κ1) is 22.7. The number of methoxy groups -OCH3 is 1. The molecule has 2 aromatic rings. The molecule has 0 aliphatic carbocycles. The van der Waals surface area contributed by atoms with Crippen LogP contribution in [0, 0.1) is 6.92 Å². The molecule has 32 heavy (non-hydrogen) atoms. The molecule has 0 spiro atoms. The maximum atomic E-state index is 12.2. The lowest BCUT2D eigenvalue weighted by Gasteiger charge is -2.26. The Bertz CT molecular complexity index is 991. The number of carbonyl (C=O) groups is 1. The molecule has 1 aromatic heterocycles. The SMILES string of the molecule is COCc1cc(CN2CCC(c3nc(C)c4c(n3)N(C)C(=O)CC4)C2)ccc1OC(C)C. The Labute approximate surface area is 190 Å². The van der Waals surface area contributed by atoms with Crippen LogP contribution >= 0.6 is 0 Å². The first-order chi connectivity index (χ1) is 15.4. The highest BCUT2D eigenvalue weighted by Crippen LogP contribution is 2.32. The molecule has 7 nitrogen and oxygen atoms in total. The third-order valence-electron chi connectivity index (χ3n) is 6.32. The lowest BCUT2D eigenvalue weighted by atomic mass is 10.0. The van der Waals surface area contributed by atoms with Gasteiger partial charge in [0.1, 0.15) is 17.4 Å². The topological polar surface area (TPSA) is 67.8 Å². The van der Waals surface area contributed by atoms with E-state index >= 15 is 0 Å². The number of hydrogen-bond donors (Lipinski definition) is 0. The number of hydrogen-bond acceptors (Lipinski definition) is 6. The minimum Gasteiger partial charge on any atom is -0.491 e. The number of fused-ring (bicyclic) bond motifs is 1. The Morgan fingerprint density at radius 3 is 2.78 bits per heavy atom. The first-order valence-corrected chi connectivity index (χ1v) is 11.5. The van der Waals surface area contributed by atoms with Crippen molar-refractivity contribution in [2.45, 2.75) is 65.2 Å². The molecule has 1 fully saturated rings. The minimum atomic E-state index is 0.130. The minimum absolute atomic E-state index is 0.130. The van der Waals surface area contributed by atoms with Crippen LogP contribution < -0.4 is 9.64 Å². The average Bonchev–Trinajstić information content (AvgIpc) is 3.21. The highest BCUT2D eigenvalue weighted by molar-refractivity contribution is 5.94. The summed E-state index contributed by atoms with van der Waals surface area (Å²) in [4.78, 5) is 26.0. The second-order valence-electron chi connectivity index (χ2n) is 9.18. The Morgan fingerprint density at radius 2 is 2.03 bits per heavy atom. The summed E-state index contributed by atoms with van der Waals surface area (Å²) in [6.07, 6.45) is 2.43. The van der Waals surface area contributed by atoms with Crippen molar-refractivity contribution in [2.24, 2.45) is 0 Å². The summed E-state index contributed by atoms with van der Waals surface area (Å²) < 4.78 is 11.3. The normalized spacial score (nSPS) is 19.0. The summed E-state index contributed by atoms with van der Waals surface area (Å²) in [6, 6.07) is 6.39. The fraction of sp³-hybridized carbons (Fsp3) is 0.560. The van der Waals surface area contributed by atoms with Crippen molar-refractivity contribution in [3.8, 4) is 5.75 Å². The molecule has 0 saturated carbocycles. The molecule has 0 radical (unpaired) electrons. The van der Waals surface area contributed by atoms with Crippen LogP contribution in [0.15, 0.2) is 18.2 Å². The van der Waals surface area contributed by atoms with Crippen LogP contribution in [0.4, 0.5) is 5.82 Å². The summed E-state index contributed by atoms with van der Waals surface area (Å²) >= 11 is 0. The quantitative estimate of drug-likeness (QED) is 0.658. The number of ether oxygens (including phenoxy) is 2. The zero-order valence-electron chi connectivity index (χ0n) is 19.9. The van der Waals surface area contributed by atoms with Gasteiger partial charge in [-0.25, -0.2) is 9.97 Å². The fourth-order valence-corrected chi connectivity index (χ4v) is 4.69. The summed E-state index contributed by atoms with van der Waals surface area (Å²) in [5, 5.41) is 0. The molecule has 0 N–H and O–H groups in total. The Balaban J connectivity index is 1.47. The van der Waals surface area contributed by atoms with Crippen LogP contribution in [0.5, 0.6) is 5.75 Å². The molecule has 0 bridgehead atoms. The molecule has 7 heteroatoms. The molecule has 3 heterocycles. The Hall–Kier alpha value is -2.51. The van der Waals surface area contributed by atoms with Crippen LogP contribution in [0.2, 0.25) is 0 Å². The van der Waals surface area contributed by atoms with Gasteiger partial charge in [-0.2, -0.15) is 0 Å². The maximum Gasteiger partial charge on any atom is 0.228 e. The van der Waals surface area contributed by atoms with E-state index in [1.165, 1.54) is 5.56 Å². The number of likely N-dealkylation sites (tertiary alicyclic amines) is 1. The number of carbonyl (C=O) groups excluding carboxylic acids is 1. The van der Waals surface area contributed by atoms with E-state index in [9.17, 15) is 4.79 Å². The van der Waals surface area contributed by atoms with E-state index in [1.807, 2.05) is 27.8 Å². The van der Waals surface area contributed by atoms with Crippen molar-refractivity contribution in [3.63, 3.8) is 0 Å². The molecule has 1 aromatic carbocycles. The van der Waals surface area contributed by atoms with E-state index in [1.54, 1.807) is 12.0 Å². The van der Waals surface area contributed by atoms with Gasteiger partial charge >= 0.3 is 0 Å². The van der Waals surface area contributed by atoms with E-state index in [2.05, 4.69) is 23.1 Å². The lowest BCUT2D eigenvalue weighted by Crippen LogP contribution is -2.33. The summed E-state index contributed by atoms with van der Waals surface area (Å²) in [5.74, 6) is 2.97. The Kier molecular flexibility index (Phi) is 6.76. The zero-order valence-corrected chi connectivity index (χ0v) is 19.9. The van der Waals surface area contributed by atoms with Crippen LogP contribution in [-0.4, -0.2) is 54.1 Å². The molecule has 1 amide bonds. The third-order valence-corrected chi connectivity index (χ3v) is 6.32. The lowest BCUT2D eigenvalue weighted by molar-refractivity contribution is -0.118. The number of aryl methyl sites for hydroxylation is 1. The molecule has 2 aliphatic rings. The maximum absolute atomic E-state index is 12.2. The predicted octanol–water partition coefficient (Wildman–Crippen LogP) is 3.62. The molecular weight excluding hydrogens is 404 g/mol. The van der Waals surface area contributed by atoms with Crippen molar-refractivity contribution >= 4 is 11.7 Å². The number of amides is 1. The molecular formula is C25H34N4O3. The Morgan fingerprint density at radius 1 is 1.22 bits per heavy atom. The zero-order chi connectivity index (χ0) is 22.8. The van der Waals surface area contributed by atoms with Gasteiger partial charge in [0.2, 0.25) is 5.91 Å². The number of aromatic nitrogens is 2. The van der Waals surface area contributed by atoms with Gasteiger partial charge in [0.15, 0.2) is 0 Å². The molecule has 1 atom stereocenters. The van der Waals surface area contributed by atoms with Crippen molar-refractivity contribution in [2.75, 3.05) is 32.1 Å². The van der Waals surface area contributed by atoms with Crippen LogP contribution in [0.1, 0.15) is 60.8 Å². The van der Waals surface area contributed by atoms with E-state index in [4.69, 9.17) is 19.4 Å². The van der Waals surface area contributed by atoms with Crippen molar-refractivity contribution in [1.29, 1.82) is 0 Å². The second kappa shape index (κ2) is 9.55. The van der Waals surface area contributed by atoms with Gasteiger partial charge in [-0.05, 0) is 57.9 Å². The van der Waals surface area contributed by atoms with Gasteiger partial charge in [0, 0.05) is 56.4 Å². The van der Waals surface area contributed by atoms with Gasteiger partial charge in [-0.3, -0.25) is 14.6 Å². The van der Waals surface area contributed by atoms with Gasteiger partial charge in [0.05, 0.1) is 12.7 Å². The highest BCUT2D eigenvalue weighted by atomic mass is 16.5.